The highest BCUT2D eigenvalue weighted by atomic mass is 16.6. The first-order valence-corrected chi connectivity index (χ1v) is 27.4. The molecule has 362 valence electrons. The zero-order valence-corrected chi connectivity index (χ0v) is 41.6. The molecule has 0 N–H and O–H groups in total. The van der Waals surface area contributed by atoms with Crippen LogP contribution in [0.3, 0.4) is 0 Å². The molecule has 0 aliphatic heterocycles. The average molecular weight is 863 g/mol. The Bertz CT molecular complexity index is 920. The highest BCUT2D eigenvalue weighted by molar-refractivity contribution is 5.71. The van der Waals surface area contributed by atoms with Crippen molar-refractivity contribution in [1.29, 1.82) is 0 Å². The summed E-state index contributed by atoms with van der Waals surface area (Å²) in [6, 6.07) is 0. The number of rotatable bonds is 50. The summed E-state index contributed by atoms with van der Waals surface area (Å²) < 4.78 is 16.8. The first-order valence-electron chi connectivity index (χ1n) is 27.4. The molecule has 0 aromatic heterocycles. The fourth-order valence-corrected chi connectivity index (χ4v) is 8.36. The van der Waals surface area contributed by atoms with Crippen molar-refractivity contribution in [1.82, 2.24) is 0 Å². The second-order valence-corrected chi connectivity index (χ2v) is 19.1. The lowest BCUT2D eigenvalue weighted by Crippen LogP contribution is -2.30. The van der Waals surface area contributed by atoms with Gasteiger partial charge in [0, 0.05) is 19.3 Å². The Morgan fingerprint density at radius 1 is 0.328 bits per heavy atom. The van der Waals surface area contributed by atoms with Crippen LogP contribution in [0.4, 0.5) is 0 Å². The van der Waals surface area contributed by atoms with Crippen molar-refractivity contribution in [3.8, 4) is 0 Å². The molecule has 0 aromatic carbocycles. The molecule has 0 saturated carbocycles. The number of hydrogen-bond acceptors (Lipinski definition) is 6. The van der Waals surface area contributed by atoms with E-state index >= 15 is 0 Å². The summed E-state index contributed by atoms with van der Waals surface area (Å²) in [5, 5.41) is 0. The molecule has 0 saturated heterocycles. The fourth-order valence-electron chi connectivity index (χ4n) is 8.36. The van der Waals surface area contributed by atoms with E-state index in [9.17, 15) is 14.4 Å². The van der Waals surface area contributed by atoms with Crippen molar-refractivity contribution in [2.45, 2.75) is 316 Å². The number of hydrogen-bond donors (Lipinski definition) is 0. The molecular weight excluding hydrogens is 757 g/mol. The first-order chi connectivity index (χ1) is 29.9. The molecule has 0 spiro atoms. The minimum atomic E-state index is -0.762. The Morgan fingerprint density at radius 3 is 0.852 bits per heavy atom. The Morgan fingerprint density at radius 2 is 0.574 bits per heavy atom. The molecule has 1 unspecified atom stereocenters. The van der Waals surface area contributed by atoms with Gasteiger partial charge in [-0.3, -0.25) is 14.4 Å². The zero-order chi connectivity index (χ0) is 44.5. The predicted octanol–water partition coefficient (Wildman–Crippen LogP) is 17.8. The molecular formula is C55H106O6. The van der Waals surface area contributed by atoms with Gasteiger partial charge in [0.15, 0.2) is 6.10 Å². The SMILES string of the molecule is CCCCCCCCCCCCCCCCCCCCC(=O)OC[C@@H](COC(=O)CCCCCCCCC(C)CC)OC(=O)CCCCCCCCCCCCCCCCC. The van der Waals surface area contributed by atoms with Crippen LogP contribution in [0, 0.1) is 5.92 Å². The third-order valence-electron chi connectivity index (χ3n) is 12.9. The number of ether oxygens (including phenoxy) is 3. The fraction of sp³-hybridized carbons (Fsp3) is 0.945. The molecule has 0 bridgehead atoms. The van der Waals surface area contributed by atoms with Crippen LogP contribution in [0.5, 0.6) is 0 Å². The highest BCUT2D eigenvalue weighted by Crippen LogP contribution is 2.18. The number of carbonyl (C=O) groups excluding carboxylic acids is 3. The van der Waals surface area contributed by atoms with Gasteiger partial charge in [-0.2, -0.15) is 0 Å². The molecule has 0 aromatic rings. The van der Waals surface area contributed by atoms with E-state index < -0.39 is 6.10 Å². The van der Waals surface area contributed by atoms with Crippen LogP contribution in [0.1, 0.15) is 310 Å². The van der Waals surface area contributed by atoms with Crippen molar-refractivity contribution >= 4 is 17.9 Å². The van der Waals surface area contributed by atoms with E-state index in [0.29, 0.717) is 19.3 Å². The van der Waals surface area contributed by atoms with E-state index in [4.69, 9.17) is 14.2 Å². The lowest BCUT2D eigenvalue weighted by atomic mass is 10.00. The summed E-state index contributed by atoms with van der Waals surface area (Å²) in [6.07, 6.45) is 52.4. The maximum atomic E-state index is 12.8. The third kappa shape index (κ3) is 47.7. The van der Waals surface area contributed by atoms with Gasteiger partial charge in [-0.05, 0) is 25.2 Å². The number of esters is 3. The molecule has 0 heterocycles. The monoisotopic (exact) mass is 863 g/mol. The molecule has 0 radical (unpaired) electrons. The van der Waals surface area contributed by atoms with Gasteiger partial charge in [-0.15, -0.1) is 0 Å². The summed E-state index contributed by atoms with van der Waals surface area (Å²) in [7, 11) is 0. The Kier molecular flexibility index (Phi) is 48.1. The molecule has 0 rings (SSSR count). The van der Waals surface area contributed by atoms with Crippen LogP contribution in [0.15, 0.2) is 0 Å². The van der Waals surface area contributed by atoms with Gasteiger partial charge in [-0.1, -0.05) is 272 Å². The summed E-state index contributed by atoms with van der Waals surface area (Å²) in [6.45, 7) is 9.01. The minimum Gasteiger partial charge on any atom is -0.462 e. The van der Waals surface area contributed by atoms with Crippen LogP contribution in [0.25, 0.3) is 0 Å². The van der Waals surface area contributed by atoms with Gasteiger partial charge in [0.25, 0.3) is 0 Å². The van der Waals surface area contributed by atoms with Crippen molar-refractivity contribution in [3.05, 3.63) is 0 Å². The molecule has 0 aliphatic rings. The Balaban J connectivity index is 4.26. The smallest absolute Gasteiger partial charge is 0.306 e. The van der Waals surface area contributed by atoms with Crippen molar-refractivity contribution in [2.75, 3.05) is 13.2 Å². The molecule has 6 nitrogen and oxygen atoms in total. The van der Waals surface area contributed by atoms with Gasteiger partial charge in [-0.25, -0.2) is 0 Å². The van der Waals surface area contributed by atoms with Crippen molar-refractivity contribution < 1.29 is 28.6 Å². The van der Waals surface area contributed by atoms with Crippen LogP contribution in [-0.4, -0.2) is 37.2 Å². The summed E-state index contributed by atoms with van der Waals surface area (Å²) in [5.41, 5.74) is 0. The van der Waals surface area contributed by atoms with Crippen LogP contribution >= 0.6 is 0 Å². The number of unbranched alkanes of at least 4 members (excludes halogenated alkanes) is 36. The van der Waals surface area contributed by atoms with E-state index in [1.165, 1.54) is 205 Å². The Labute approximate surface area is 380 Å². The lowest BCUT2D eigenvalue weighted by molar-refractivity contribution is -0.167. The zero-order valence-electron chi connectivity index (χ0n) is 41.6. The molecule has 2 atom stereocenters. The second-order valence-electron chi connectivity index (χ2n) is 19.1. The van der Waals surface area contributed by atoms with E-state index in [1.54, 1.807) is 0 Å². The van der Waals surface area contributed by atoms with Crippen LogP contribution < -0.4 is 0 Å². The number of carbonyl (C=O) groups is 3. The average Bonchev–Trinajstić information content (AvgIpc) is 3.26. The predicted molar refractivity (Wildman–Crippen MR) is 261 cm³/mol. The van der Waals surface area contributed by atoms with Crippen LogP contribution in [0.2, 0.25) is 0 Å². The summed E-state index contributed by atoms with van der Waals surface area (Å²) >= 11 is 0. The summed E-state index contributed by atoms with van der Waals surface area (Å²) in [5.74, 6) is -0.0295. The molecule has 0 amide bonds. The molecule has 61 heavy (non-hydrogen) atoms. The standard InChI is InChI=1S/C55H106O6/c1-5-8-10-12-14-16-18-20-22-23-24-26-27-29-31-33-38-42-46-53(56)59-49-52(50-60-54(57)47-43-39-36-35-37-41-45-51(4)7-3)61-55(58)48-44-40-34-32-30-28-25-21-19-17-15-13-11-9-6-2/h51-52H,5-50H2,1-4H3/t51?,52-/m0/s1. The molecule has 0 fully saturated rings. The third-order valence-corrected chi connectivity index (χ3v) is 12.9. The largest absolute Gasteiger partial charge is 0.462 e. The topological polar surface area (TPSA) is 78.9 Å². The lowest BCUT2D eigenvalue weighted by Gasteiger charge is -2.18. The van der Waals surface area contributed by atoms with Crippen molar-refractivity contribution in [2.24, 2.45) is 5.92 Å². The second kappa shape index (κ2) is 49.4. The van der Waals surface area contributed by atoms with Gasteiger partial charge in [0.2, 0.25) is 0 Å². The van der Waals surface area contributed by atoms with E-state index in [0.717, 1.165) is 63.7 Å². The molecule has 6 heteroatoms. The maximum absolute atomic E-state index is 12.8. The van der Waals surface area contributed by atoms with E-state index in [-0.39, 0.29) is 31.1 Å². The minimum absolute atomic E-state index is 0.0631. The van der Waals surface area contributed by atoms with E-state index in [1.807, 2.05) is 0 Å². The first kappa shape index (κ1) is 59.4. The van der Waals surface area contributed by atoms with E-state index in [2.05, 4.69) is 27.7 Å². The summed E-state index contributed by atoms with van der Waals surface area (Å²) in [4.78, 5) is 38.0. The van der Waals surface area contributed by atoms with Gasteiger partial charge in [0.1, 0.15) is 13.2 Å². The Hall–Kier alpha value is -1.59. The molecule has 0 aliphatic carbocycles. The van der Waals surface area contributed by atoms with Crippen molar-refractivity contribution in [3.63, 3.8) is 0 Å². The normalized spacial score (nSPS) is 12.4. The maximum Gasteiger partial charge on any atom is 0.306 e. The quantitative estimate of drug-likeness (QED) is 0.0344. The van der Waals surface area contributed by atoms with Crippen LogP contribution in [-0.2, 0) is 28.6 Å². The van der Waals surface area contributed by atoms with Gasteiger partial charge < -0.3 is 14.2 Å². The van der Waals surface area contributed by atoms with Gasteiger partial charge >= 0.3 is 17.9 Å². The highest BCUT2D eigenvalue weighted by Gasteiger charge is 2.19. The van der Waals surface area contributed by atoms with Gasteiger partial charge in [0.05, 0.1) is 0 Å².